The van der Waals surface area contributed by atoms with Crippen molar-refractivity contribution in [2.24, 2.45) is 5.92 Å². The molecule has 0 aliphatic heterocycles. The smallest absolute Gasteiger partial charge is 0.330 e. The van der Waals surface area contributed by atoms with Gasteiger partial charge in [0.15, 0.2) is 6.79 Å². The lowest BCUT2D eigenvalue weighted by Gasteiger charge is -2.18. The zero-order valence-corrected chi connectivity index (χ0v) is 12.3. The third-order valence-electron chi connectivity index (χ3n) is 3.33. The Balaban J connectivity index is 2.13. The maximum Gasteiger partial charge on any atom is 0.330 e. The molecule has 0 atom stereocenters. The van der Waals surface area contributed by atoms with E-state index < -0.39 is 8.60 Å². The fourth-order valence-corrected chi connectivity index (χ4v) is 2.31. The Bertz CT molecular complexity index is 416. The molecule has 106 valence electrons. The average molecular weight is 284 g/mol. The molecule has 19 heavy (non-hydrogen) atoms. The number of hydrogen-bond acceptors (Lipinski definition) is 4. The van der Waals surface area contributed by atoms with Crippen molar-refractivity contribution in [1.82, 2.24) is 0 Å². The van der Waals surface area contributed by atoms with E-state index in [0.717, 1.165) is 23.7 Å². The summed E-state index contributed by atoms with van der Waals surface area (Å²) in [5.74, 6) is 1.98. The van der Waals surface area contributed by atoms with Gasteiger partial charge in [-0.05, 0) is 42.2 Å². The first-order chi connectivity index (χ1) is 9.08. The van der Waals surface area contributed by atoms with Crippen molar-refractivity contribution in [3.63, 3.8) is 0 Å². The van der Waals surface area contributed by atoms with Crippen molar-refractivity contribution in [1.29, 1.82) is 0 Å². The predicted octanol–water partition coefficient (Wildman–Crippen LogP) is 3.33. The fourth-order valence-electron chi connectivity index (χ4n) is 2.16. The molecule has 0 spiro atoms. The Labute approximate surface area is 115 Å². The highest BCUT2D eigenvalue weighted by atomic mass is 31.2. The molecule has 1 aromatic carbocycles. The number of ether oxygens (including phenoxy) is 1. The molecule has 0 bridgehead atoms. The van der Waals surface area contributed by atoms with Crippen LogP contribution < -0.4 is 4.74 Å². The molecule has 1 fully saturated rings. The van der Waals surface area contributed by atoms with Crippen LogP contribution in [-0.4, -0.2) is 16.6 Å². The molecule has 2 N–H and O–H groups in total. The monoisotopic (exact) mass is 284 g/mol. The van der Waals surface area contributed by atoms with E-state index in [4.69, 9.17) is 19.0 Å². The van der Waals surface area contributed by atoms with Gasteiger partial charge >= 0.3 is 8.60 Å². The van der Waals surface area contributed by atoms with Gasteiger partial charge in [-0.3, -0.25) is 4.52 Å². The number of para-hydroxylation sites is 1. The van der Waals surface area contributed by atoms with E-state index in [1.54, 1.807) is 0 Å². The minimum atomic E-state index is -2.36. The number of hydrogen-bond donors (Lipinski definition) is 2. The highest BCUT2D eigenvalue weighted by Gasteiger charge is 2.24. The highest BCUT2D eigenvalue weighted by Crippen LogP contribution is 2.38. The van der Waals surface area contributed by atoms with Crippen LogP contribution in [0.4, 0.5) is 0 Å². The Kier molecular flexibility index (Phi) is 5.17. The second kappa shape index (κ2) is 6.67. The molecule has 0 heterocycles. The summed E-state index contributed by atoms with van der Waals surface area (Å²) in [7, 11) is -2.36. The molecular weight excluding hydrogens is 263 g/mol. The van der Waals surface area contributed by atoms with Crippen molar-refractivity contribution in [2.45, 2.75) is 39.0 Å². The Morgan fingerprint density at radius 3 is 2.63 bits per heavy atom. The van der Waals surface area contributed by atoms with Gasteiger partial charge in [0.2, 0.25) is 0 Å². The second-order valence-corrected chi connectivity index (χ2v) is 6.05. The molecule has 0 saturated heterocycles. The number of rotatable bonds is 7. The molecule has 4 nitrogen and oxygen atoms in total. The van der Waals surface area contributed by atoms with E-state index in [-0.39, 0.29) is 6.79 Å². The molecule has 5 heteroatoms. The van der Waals surface area contributed by atoms with Gasteiger partial charge in [-0.1, -0.05) is 32.0 Å². The third-order valence-corrected chi connectivity index (χ3v) is 3.66. The first-order valence-electron chi connectivity index (χ1n) is 6.63. The van der Waals surface area contributed by atoms with Crippen LogP contribution in [0.3, 0.4) is 0 Å². The molecule has 0 amide bonds. The van der Waals surface area contributed by atoms with Gasteiger partial charge in [0.25, 0.3) is 0 Å². The molecule has 1 aliphatic rings. The maximum atomic E-state index is 8.75. The summed E-state index contributed by atoms with van der Waals surface area (Å²) in [5, 5.41) is 0. The fraction of sp³-hybridized carbons (Fsp3) is 0.571. The van der Waals surface area contributed by atoms with Gasteiger partial charge in [0.1, 0.15) is 5.75 Å². The standard InChI is InChI=1S/C14H21O4P/c1-10(2)13-5-3-4-12(8-11-6-7-11)14(13)17-9-18-19(15)16/h3-5,10-11,15-16H,6-9H2,1-2H3. The van der Waals surface area contributed by atoms with Crippen molar-refractivity contribution in [3.05, 3.63) is 29.3 Å². The highest BCUT2D eigenvalue weighted by molar-refractivity contribution is 7.39. The minimum absolute atomic E-state index is 0.125. The third kappa shape index (κ3) is 4.43. The summed E-state index contributed by atoms with van der Waals surface area (Å²) in [5.41, 5.74) is 2.33. The van der Waals surface area contributed by atoms with Crippen molar-refractivity contribution < 1.29 is 19.0 Å². The van der Waals surface area contributed by atoms with Crippen LogP contribution in [-0.2, 0) is 10.9 Å². The largest absolute Gasteiger partial charge is 0.466 e. The summed E-state index contributed by atoms with van der Waals surface area (Å²) >= 11 is 0. The normalized spacial score (nSPS) is 15.3. The molecule has 0 unspecified atom stereocenters. The molecular formula is C14H21O4P. The summed E-state index contributed by atoms with van der Waals surface area (Å²) in [4.78, 5) is 17.5. The number of benzene rings is 1. The Hall–Kier alpha value is -0.670. The average Bonchev–Trinajstić information content (AvgIpc) is 3.14. The van der Waals surface area contributed by atoms with Crippen molar-refractivity contribution in [3.8, 4) is 5.75 Å². The lowest BCUT2D eigenvalue weighted by atomic mass is 9.97. The van der Waals surface area contributed by atoms with E-state index in [2.05, 4.69) is 32.0 Å². The van der Waals surface area contributed by atoms with Crippen LogP contribution in [0, 0.1) is 5.92 Å². The molecule has 0 aromatic heterocycles. The summed E-state index contributed by atoms with van der Waals surface area (Å²) < 4.78 is 10.4. The summed E-state index contributed by atoms with van der Waals surface area (Å²) in [6.07, 6.45) is 3.61. The van der Waals surface area contributed by atoms with Crippen LogP contribution >= 0.6 is 8.60 Å². The second-order valence-electron chi connectivity index (χ2n) is 5.28. The van der Waals surface area contributed by atoms with Crippen LogP contribution in [0.5, 0.6) is 5.75 Å². The predicted molar refractivity (Wildman–Crippen MR) is 74.9 cm³/mol. The molecule has 0 radical (unpaired) electrons. The lowest BCUT2D eigenvalue weighted by Crippen LogP contribution is -2.06. The molecule has 2 rings (SSSR count). The van der Waals surface area contributed by atoms with E-state index in [9.17, 15) is 0 Å². The topological polar surface area (TPSA) is 58.9 Å². The minimum Gasteiger partial charge on any atom is -0.466 e. The van der Waals surface area contributed by atoms with Gasteiger partial charge in [0.05, 0.1) is 0 Å². The summed E-state index contributed by atoms with van der Waals surface area (Å²) in [6, 6.07) is 6.20. The van der Waals surface area contributed by atoms with E-state index in [1.807, 2.05) is 0 Å². The first-order valence-corrected chi connectivity index (χ1v) is 7.79. The van der Waals surface area contributed by atoms with E-state index in [1.165, 1.54) is 18.4 Å². The van der Waals surface area contributed by atoms with Crippen LogP contribution in [0.1, 0.15) is 43.7 Å². The SMILES string of the molecule is CC(C)c1cccc(CC2CC2)c1OCOP(O)O. The van der Waals surface area contributed by atoms with Gasteiger partial charge in [-0.2, -0.15) is 0 Å². The zero-order valence-electron chi connectivity index (χ0n) is 11.4. The van der Waals surface area contributed by atoms with Gasteiger partial charge < -0.3 is 14.5 Å². The maximum absolute atomic E-state index is 8.75. The van der Waals surface area contributed by atoms with Gasteiger partial charge in [-0.15, -0.1) is 0 Å². The van der Waals surface area contributed by atoms with Gasteiger partial charge in [0, 0.05) is 0 Å². The molecule has 1 aromatic rings. The van der Waals surface area contributed by atoms with E-state index >= 15 is 0 Å². The van der Waals surface area contributed by atoms with Crippen LogP contribution in [0.25, 0.3) is 0 Å². The Morgan fingerprint density at radius 1 is 1.32 bits per heavy atom. The van der Waals surface area contributed by atoms with Gasteiger partial charge in [-0.25, -0.2) is 0 Å². The zero-order chi connectivity index (χ0) is 13.8. The first kappa shape index (κ1) is 14.7. The lowest BCUT2D eigenvalue weighted by molar-refractivity contribution is 0.102. The quantitative estimate of drug-likeness (QED) is 0.595. The van der Waals surface area contributed by atoms with Crippen molar-refractivity contribution >= 4 is 8.60 Å². The summed E-state index contributed by atoms with van der Waals surface area (Å²) in [6.45, 7) is 4.12. The van der Waals surface area contributed by atoms with Crippen molar-refractivity contribution in [2.75, 3.05) is 6.79 Å². The Morgan fingerprint density at radius 2 is 2.05 bits per heavy atom. The molecule has 1 aliphatic carbocycles. The van der Waals surface area contributed by atoms with E-state index in [0.29, 0.717) is 5.92 Å². The van der Waals surface area contributed by atoms with Crippen LogP contribution in [0.15, 0.2) is 18.2 Å². The molecule has 1 saturated carbocycles. The van der Waals surface area contributed by atoms with Crippen LogP contribution in [0.2, 0.25) is 0 Å².